The van der Waals surface area contributed by atoms with Crippen molar-refractivity contribution in [2.24, 2.45) is 0 Å². The van der Waals surface area contributed by atoms with Gasteiger partial charge in [-0.1, -0.05) is 30.3 Å². The second kappa shape index (κ2) is 9.91. The van der Waals surface area contributed by atoms with E-state index in [4.69, 9.17) is 14.2 Å². The topological polar surface area (TPSA) is 112 Å². The van der Waals surface area contributed by atoms with E-state index in [0.717, 1.165) is 31.5 Å². The first kappa shape index (κ1) is 22.6. The Labute approximate surface area is 182 Å². The summed E-state index contributed by atoms with van der Waals surface area (Å²) in [7, 11) is 0. The summed E-state index contributed by atoms with van der Waals surface area (Å²) in [6.07, 6.45) is -3.35. The largest absolute Gasteiger partial charge is 0.390 e. The minimum absolute atomic E-state index is 0.00994. The molecule has 3 fully saturated rings. The molecule has 9 nitrogen and oxygen atoms in total. The van der Waals surface area contributed by atoms with Crippen LogP contribution in [0.4, 0.5) is 0 Å². The smallest absolute Gasteiger partial charge is 0.220 e. The first-order chi connectivity index (χ1) is 14.9. The summed E-state index contributed by atoms with van der Waals surface area (Å²) < 4.78 is 17.4. The Hall–Kier alpha value is -1.59. The van der Waals surface area contributed by atoms with Gasteiger partial charge in [-0.25, -0.2) is 0 Å². The molecule has 1 aromatic carbocycles. The number of aliphatic hydroxyl groups excluding tert-OH is 3. The van der Waals surface area contributed by atoms with Gasteiger partial charge in [0.05, 0.1) is 12.7 Å². The van der Waals surface area contributed by atoms with Gasteiger partial charge in [0.15, 0.2) is 12.6 Å². The predicted octanol–water partition coefficient (Wildman–Crippen LogP) is -0.147. The molecule has 3 aliphatic rings. The van der Waals surface area contributed by atoms with Crippen molar-refractivity contribution in [3.05, 3.63) is 35.9 Å². The lowest BCUT2D eigenvalue weighted by Crippen LogP contribution is -2.67. The molecule has 3 N–H and O–H groups in total. The Morgan fingerprint density at radius 2 is 1.90 bits per heavy atom. The van der Waals surface area contributed by atoms with Crippen LogP contribution in [0.15, 0.2) is 30.3 Å². The lowest BCUT2D eigenvalue weighted by molar-refractivity contribution is -0.345. The fourth-order valence-electron chi connectivity index (χ4n) is 4.72. The van der Waals surface area contributed by atoms with Gasteiger partial charge in [0.25, 0.3) is 0 Å². The monoisotopic (exact) mass is 436 g/mol. The summed E-state index contributed by atoms with van der Waals surface area (Å²) in [5.41, 5.74) is 0.806. The van der Waals surface area contributed by atoms with Crippen molar-refractivity contribution >= 4 is 5.91 Å². The minimum atomic E-state index is -1.42. The van der Waals surface area contributed by atoms with Crippen molar-refractivity contribution in [3.63, 3.8) is 0 Å². The maximum absolute atomic E-state index is 12.4. The Bertz CT molecular complexity index is 730. The SMILES string of the molecule is CC(=O)N(C[C@H](O)CN1CCCC1)[C@@H]1[C@@H](O)[C@@H]2OC(c3ccccc3)OC[C@H]2O[C@H]1O. The molecule has 0 aliphatic carbocycles. The molecule has 4 rings (SSSR count). The molecule has 3 aliphatic heterocycles. The molecule has 3 heterocycles. The molecule has 0 saturated carbocycles. The number of hydrogen-bond donors (Lipinski definition) is 3. The molecule has 9 heteroatoms. The Kier molecular flexibility index (Phi) is 7.22. The van der Waals surface area contributed by atoms with Crippen LogP contribution in [0, 0.1) is 0 Å². The molecule has 31 heavy (non-hydrogen) atoms. The number of amides is 1. The van der Waals surface area contributed by atoms with Crippen LogP contribution < -0.4 is 0 Å². The van der Waals surface area contributed by atoms with Gasteiger partial charge in [0.1, 0.15) is 24.4 Å². The molecule has 0 bridgehead atoms. The number of hydrogen-bond acceptors (Lipinski definition) is 8. The van der Waals surface area contributed by atoms with E-state index in [1.807, 2.05) is 30.3 Å². The molecule has 7 atom stereocenters. The molecular formula is C22H32N2O7. The Morgan fingerprint density at radius 1 is 1.19 bits per heavy atom. The van der Waals surface area contributed by atoms with E-state index in [0.29, 0.717) is 6.54 Å². The quantitative estimate of drug-likeness (QED) is 0.565. The second-order valence-corrected chi connectivity index (χ2v) is 8.56. The van der Waals surface area contributed by atoms with E-state index in [-0.39, 0.29) is 19.1 Å². The van der Waals surface area contributed by atoms with Crippen molar-refractivity contribution < 1.29 is 34.3 Å². The summed E-state index contributed by atoms with van der Waals surface area (Å²) in [5.74, 6) is -0.364. The van der Waals surface area contributed by atoms with Crippen LogP contribution in [-0.4, -0.2) is 101 Å². The lowest BCUT2D eigenvalue weighted by atomic mass is 9.94. The normalized spacial score (nSPS) is 34.8. The van der Waals surface area contributed by atoms with Crippen LogP contribution in [0.5, 0.6) is 0 Å². The van der Waals surface area contributed by atoms with Crippen LogP contribution in [-0.2, 0) is 19.0 Å². The third-order valence-corrected chi connectivity index (χ3v) is 6.26. The van der Waals surface area contributed by atoms with E-state index >= 15 is 0 Å². The highest BCUT2D eigenvalue weighted by molar-refractivity contribution is 5.73. The van der Waals surface area contributed by atoms with Gasteiger partial charge in [0.2, 0.25) is 5.91 Å². The number of aliphatic hydroxyl groups is 3. The van der Waals surface area contributed by atoms with Crippen molar-refractivity contribution in [3.8, 4) is 0 Å². The van der Waals surface area contributed by atoms with Gasteiger partial charge >= 0.3 is 0 Å². The Morgan fingerprint density at radius 3 is 2.58 bits per heavy atom. The van der Waals surface area contributed by atoms with E-state index < -0.39 is 43.0 Å². The summed E-state index contributed by atoms with van der Waals surface area (Å²) >= 11 is 0. The summed E-state index contributed by atoms with van der Waals surface area (Å²) in [6.45, 7) is 3.77. The molecule has 0 spiro atoms. The number of benzene rings is 1. The van der Waals surface area contributed by atoms with Crippen LogP contribution in [0.2, 0.25) is 0 Å². The maximum atomic E-state index is 12.4. The average molecular weight is 437 g/mol. The number of carbonyl (C=O) groups excluding carboxylic acids is 1. The first-order valence-corrected chi connectivity index (χ1v) is 11.0. The molecule has 1 amide bonds. The maximum Gasteiger partial charge on any atom is 0.220 e. The van der Waals surface area contributed by atoms with Crippen LogP contribution in [0.1, 0.15) is 31.6 Å². The van der Waals surface area contributed by atoms with Gasteiger partial charge in [0, 0.05) is 25.6 Å². The van der Waals surface area contributed by atoms with Crippen LogP contribution in [0.25, 0.3) is 0 Å². The molecule has 0 aromatic heterocycles. The highest BCUT2D eigenvalue weighted by atomic mass is 16.7. The third kappa shape index (κ3) is 5.09. The number of likely N-dealkylation sites (tertiary alicyclic amines) is 1. The number of β-amino-alcohol motifs (C(OH)–C–C–N with tert-alkyl or cyclic N) is 1. The second-order valence-electron chi connectivity index (χ2n) is 8.56. The molecular weight excluding hydrogens is 404 g/mol. The van der Waals surface area contributed by atoms with Gasteiger partial charge in [-0.05, 0) is 25.9 Å². The molecule has 172 valence electrons. The highest BCUT2D eigenvalue weighted by Gasteiger charge is 2.51. The fourth-order valence-corrected chi connectivity index (χ4v) is 4.72. The summed E-state index contributed by atoms with van der Waals surface area (Å²) in [5, 5.41) is 32.3. The zero-order valence-corrected chi connectivity index (χ0v) is 17.7. The summed E-state index contributed by atoms with van der Waals surface area (Å²) in [6, 6.07) is 8.30. The number of nitrogens with zero attached hydrogens (tertiary/aromatic N) is 2. The van der Waals surface area contributed by atoms with Crippen molar-refractivity contribution in [1.29, 1.82) is 0 Å². The average Bonchev–Trinajstić information content (AvgIpc) is 3.26. The van der Waals surface area contributed by atoms with E-state index in [1.165, 1.54) is 11.8 Å². The van der Waals surface area contributed by atoms with Crippen molar-refractivity contribution in [1.82, 2.24) is 9.80 Å². The first-order valence-electron chi connectivity index (χ1n) is 11.0. The standard InChI is InChI=1S/C22H32N2O7/c1-14(25)24(12-16(26)11-23-9-5-6-10-23)18-19(27)20-17(30-21(18)28)13-29-22(31-20)15-7-3-2-4-8-15/h2-4,7-8,16-22,26-28H,5-6,9-13H2,1H3/t16-,17-,18-,19-,20-,21-,22?/m1/s1. The molecule has 3 saturated heterocycles. The number of rotatable bonds is 6. The van der Waals surface area contributed by atoms with Crippen LogP contribution in [0.3, 0.4) is 0 Å². The lowest BCUT2D eigenvalue weighted by Gasteiger charge is -2.49. The van der Waals surface area contributed by atoms with E-state index in [2.05, 4.69) is 4.90 Å². The molecule has 0 radical (unpaired) electrons. The predicted molar refractivity (Wildman–Crippen MR) is 110 cm³/mol. The fraction of sp³-hybridized carbons (Fsp3) is 0.682. The molecule has 1 unspecified atom stereocenters. The highest BCUT2D eigenvalue weighted by Crippen LogP contribution is 2.35. The zero-order chi connectivity index (χ0) is 22.0. The number of ether oxygens (including phenoxy) is 3. The minimum Gasteiger partial charge on any atom is -0.390 e. The number of carbonyl (C=O) groups is 1. The van der Waals surface area contributed by atoms with Gasteiger partial charge in [-0.3, -0.25) is 4.79 Å². The summed E-state index contributed by atoms with van der Waals surface area (Å²) in [4.78, 5) is 15.9. The van der Waals surface area contributed by atoms with Crippen molar-refractivity contribution in [2.75, 3.05) is 32.8 Å². The van der Waals surface area contributed by atoms with Crippen LogP contribution >= 0.6 is 0 Å². The number of fused-ring (bicyclic) bond motifs is 1. The van der Waals surface area contributed by atoms with E-state index in [1.54, 1.807) is 0 Å². The van der Waals surface area contributed by atoms with Gasteiger partial charge in [-0.2, -0.15) is 0 Å². The Balaban J connectivity index is 1.46. The van der Waals surface area contributed by atoms with E-state index in [9.17, 15) is 20.1 Å². The third-order valence-electron chi connectivity index (χ3n) is 6.26. The van der Waals surface area contributed by atoms with Gasteiger partial charge in [-0.15, -0.1) is 0 Å². The van der Waals surface area contributed by atoms with Gasteiger partial charge < -0.3 is 39.3 Å². The van der Waals surface area contributed by atoms with Crippen molar-refractivity contribution in [2.45, 2.75) is 62.8 Å². The zero-order valence-electron chi connectivity index (χ0n) is 17.7. The molecule has 1 aromatic rings.